The maximum absolute atomic E-state index is 10.2. The van der Waals surface area contributed by atoms with Crippen LogP contribution in [0.25, 0.3) is 0 Å². The first kappa shape index (κ1) is 13.4. The number of aliphatic hydroxyl groups is 1. The van der Waals surface area contributed by atoms with Crippen LogP contribution in [0, 0.1) is 11.8 Å². The van der Waals surface area contributed by atoms with Crippen molar-refractivity contribution in [2.45, 2.75) is 77.0 Å². The van der Waals surface area contributed by atoms with Gasteiger partial charge in [-0.05, 0) is 51.0 Å². The van der Waals surface area contributed by atoms with Gasteiger partial charge in [-0.15, -0.1) is 0 Å². The van der Waals surface area contributed by atoms with Crippen LogP contribution in [0.5, 0.6) is 0 Å². The fourth-order valence-corrected chi connectivity index (χ4v) is 3.82. The highest BCUT2D eigenvalue weighted by molar-refractivity contribution is 4.89. The standard InChI is InChI=1S/C15H29NO/c1-11-5-4-6-13(9-11)16(3)14-10-12(2)7-8-15(14)17/h11-15,17H,4-10H2,1-3H3. The molecule has 2 rings (SSSR count). The smallest absolute Gasteiger partial charge is 0.0695 e. The van der Waals surface area contributed by atoms with E-state index in [2.05, 4.69) is 25.8 Å². The normalized spacial score (nSPS) is 43.9. The summed E-state index contributed by atoms with van der Waals surface area (Å²) in [6, 6.07) is 1.12. The summed E-state index contributed by atoms with van der Waals surface area (Å²) in [5, 5.41) is 10.2. The van der Waals surface area contributed by atoms with E-state index in [1.165, 1.54) is 38.5 Å². The van der Waals surface area contributed by atoms with E-state index in [9.17, 15) is 5.11 Å². The molecule has 5 unspecified atom stereocenters. The molecule has 0 amide bonds. The van der Waals surface area contributed by atoms with Gasteiger partial charge in [-0.25, -0.2) is 0 Å². The first-order valence-corrected chi connectivity index (χ1v) is 7.48. The van der Waals surface area contributed by atoms with Crippen molar-refractivity contribution in [2.24, 2.45) is 11.8 Å². The average Bonchev–Trinajstić information content (AvgIpc) is 2.31. The van der Waals surface area contributed by atoms with Crippen molar-refractivity contribution in [1.29, 1.82) is 0 Å². The molecule has 2 nitrogen and oxygen atoms in total. The SMILES string of the molecule is CC1CCCC(N(C)C2CC(C)CCC2O)C1. The molecular weight excluding hydrogens is 210 g/mol. The van der Waals surface area contributed by atoms with Crippen LogP contribution in [0.15, 0.2) is 0 Å². The van der Waals surface area contributed by atoms with Crippen LogP contribution < -0.4 is 0 Å². The molecule has 2 saturated carbocycles. The van der Waals surface area contributed by atoms with Gasteiger partial charge in [0.2, 0.25) is 0 Å². The van der Waals surface area contributed by atoms with Gasteiger partial charge in [0.05, 0.1) is 6.10 Å². The van der Waals surface area contributed by atoms with E-state index >= 15 is 0 Å². The summed E-state index contributed by atoms with van der Waals surface area (Å²) in [6.45, 7) is 4.70. The van der Waals surface area contributed by atoms with Crippen LogP contribution in [0.1, 0.15) is 58.8 Å². The summed E-state index contributed by atoms with van der Waals surface area (Å²) in [6.07, 6.45) is 8.72. The quantitative estimate of drug-likeness (QED) is 0.800. The monoisotopic (exact) mass is 239 g/mol. The summed E-state index contributed by atoms with van der Waals surface area (Å²) < 4.78 is 0. The van der Waals surface area contributed by atoms with Gasteiger partial charge in [-0.2, -0.15) is 0 Å². The molecule has 2 aliphatic rings. The topological polar surface area (TPSA) is 23.5 Å². The fraction of sp³-hybridized carbons (Fsp3) is 1.00. The van der Waals surface area contributed by atoms with Crippen molar-refractivity contribution in [3.05, 3.63) is 0 Å². The van der Waals surface area contributed by atoms with Gasteiger partial charge in [0.1, 0.15) is 0 Å². The zero-order chi connectivity index (χ0) is 12.4. The fourth-order valence-electron chi connectivity index (χ4n) is 3.82. The predicted octanol–water partition coefficient (Wildman–Crippen LogP) is 3.05. The van der Waals surface area contributed by atoms with Crippen LogP contribution in [-0.2, 0) is 0 Å². The van der Waals surface area contributed by atoms with Crippen molar-refractivity contribution >= 4 is 0 Å². The molecule has 0 heterocycles. The first-order chi connectivity index (χ1) is 8.08. The third-order valence-corrected chi connectivity index (χ3v) is 5.05. The minimum atomic E-state index is -0.0894. The number of nitrogens with zero attached hydrogens (tertiary/aromatic N) is 1. The molecule has 0 aromatic rings. The van der Waals surface area contributed by atoms with Gasteiger partial charge in [-0.3, -0.25) is 4.90 Å². The van der Waals surface area contributed by atoms with E-state index in [-0.39, 0.29) is 6.10 Å². The molecular formula is C15H29NO. The molecule has 0 aliphatic heterocycles. The molecule has 0 bridgehead atoms. The predicted molar refractivity (Wildman–Crippen MR) is 72.0 cm³/mol. The number of hydrogen-bond acceptors (Lipinski definition) is 2. The van der Waals surface area contributed by atoms with E-state index in [4.69, 9.17) is 0 Å². The Bertz CT molecular complexity index is 243. The zero-order valence-corrected chi connectivity index (χ0v) is 11.7. The number of likely N-dealkylation sites (N-methyl/N-ethyl adjacent to an activating group) is 1. The molecule has 100 valence electrons. The molecule has 0 saturated heterocycles. The summed E-state index contributed by atoms with van der Waals surface area (Å²) in [4.78, 5) is 2.51. The highest BCUT2D eigenvalue weighted by atomic mass is 16.3. The molecule has 0 spiro atoms. The Labute approximate surface area is 106 Å². The molecule has 0 aromatic heterocycles. The molecule has 2 heteroatoms. The number of rotatable bonds is 2. The van der Waals surface area contributed by atoms with Crippen molar-refractivity contribution < 1.29 is 5.11 Å². The van der Waals surface area contributed by atoms with Crippen LogP contribution in [0.2, 0.25) is 0 Å². The Morgan fingerprint density at radius 2 is 1.65 bits per heavy atom. The molecule has 17 heavy (non-hydrogen) atoms. The van der Waals surface area contributed by atoms with Gasteiger partial charge in [0.25, 0.3) is 0 Å². The Morgan fingerprint density at radius 3 is 2.35 bits per heavy atom. The minimum absolute atomic E-state index is 0.0894. The number of hydrogen-bond donors (Lipinski definition) is 1. The molecule has 1 N–H and O–H groups in total. The molecule has 2 aliphatic carbocycles. The van der Waals surface area contributed by atoms with E-state index < -0.39 is 0 Å². The van der Waals surface area contributed by atoms with Gasteiger partial charge < -0.3 is 5.11 Å². The lowest BCUT2D eigenvalue weighted by Gasteiger charge is -2.44. The summed E-state index contributed by atoms with van der Waals surface area (Å²) in [5.41, 5.74) is 0. The average molecular weight is 239 g/mol. The lowest BCUT2D eigenvalue weighted by molar-refractivity contribution is -0.0114. The molecule has 5 atom stereocenters. The Kier molecular flexibility index (Phi) is 4.48. The zero-order valence-electron chi connectivity index (χ0n) is 11.7. The van der Waals surface area contributed by atoms with Crippen molar-refractivity contribution in [2.75, 3.05) is 7.05 Å². The summed E-state index contributed by atoms with van der Waals surface area (Å²) in [7, 11) is 2.24. The third-order valence-electron chi connectivity index (χ3n) is 5.05. The van der Waals surface area contributed by atoms with Crippen molar-refractivity contribution in [3.63, 3.8) is 0 Å². The minimum Gasteiger partial charge on any atom is -0.391 e. The van der Waals surface area contributed by atoms with E-state index in [1.54, 1.807) is 0 Å². The highest BCUT2D eigenvalue weighted by Crippen LogP contribution is 2.33. The summed E-state index contributed by atoms with van der Waals surface area (Å²) in [5.74, 6) is 1.65. The molecule has 0 radical (unpaired) electrons. The van der Waals surface area contributed by atoms with E-state index in [1.807, 2.05) is 0 Å². The van der Waals surface area contributed by atoms with Gasteiger partial charge >= 0.3 is 0 Å². The van der Waals surface area contributed by atoms with Gasteiger partial charge in [0, 0.05) is 12.1 Å². The Hall–Kier alpha value is -0.0800. The third kappa shape index (κ3) is 3.23. The van der Waals surface area contributed by atoms with Crippen molar-refractivity contribution in [1.82, 2.24) is 4.90 Å². The van der Waals surface area contributed by atoms with Crippen LogP contribution in [0.3, 0.4) is 0 Å². The second-order valence-corrected chi connectivity index (χ2v) is 6.64. The van der Waals surface area contributed by atoms with Crippen molar-refractivity contribution in [3.8, 4) is 0 Å². The Morgan fingerprint density at radius 1 is 0.941 bits per heavy atom. The lowest BCUT2D eigenvalue weighted by atomic mass is 9.81. The maximum atomic E-state index is 10.2. The van der Waals surface area contributed by atoms with E-state index in [0.717, 1.165) is 18.3 Å². The second-order valence-electron chi connectivity index (χ2n) is 6.64. The van der Waals surface area contributed by atoms with Crippen LogP contribution >= 0.6 is 0 Å². The van der Waals surface area contributed by atoms with Gasteiger partial charge in [0.15, 0.2) is 0 Å². The lowest BCUT2D eigenvalue weighted by Crippen LogP contribution is -2.50. The first-order valence-electron chi connectivity index (χ1n) is 7.48. The maximum Gasteiger partial charge on any atom is 0.0695 e. The molecule has 0 aromatic carbocycles. The number of aliphatic hydroxyl groups excluding tert-OH is 1. The summed E-state index contributed by atoms with van der Waals surface area (Å²) >= 11 is 0. The largest absolute Gasteiger partial charge is 0.391 e. The molecule has 2 fully saturated rings. The van der Waals surface area contributed by atoms with Crippen LogP contribution in [0.4, 0.5) is 0 Å². The van der Waals surface area contributed by atoms with E-state index in [0.29, 0.717) is 12.1 Å². The van der Waals surface area contributed by atoms with Crippen LogP contribution in [-0.4, -0.2) is 35.2 Å². The second kappa shape index (κ2) is 5.71. The Balaban J connectivity index is 1.95. The van der Waals surface area contributed by atoms with Gasteiger partial charge in [-0.1, -0.05) is 26.7 Å². The highest BCUT2D eigenvalue weighted by Gasteiger charge is 2.34.